The van der Waals surface area contributed by atoms with E-state index >= 15 is 0 Å². The molecule has 0 amide bonds. The Morgan fingerprint density at radius 2 is 1.79 bits per heavy atom. The van der Waals surface area contributed by atoms with Crippen LogP contribution in [0.3, 0.4) is 0 Å². The van der Waals surface area contributed by atoms with Gasteiger partial charge in [0.05, 0.1) is 29.9 Å². The Balaban J connectivity index is 0.000000815. The second kappa shape index (κ2) is 15.8. The average molecular weight is 532 g/mol. The van der Waals surface area contributed by atoms with Gasteiger partial charge < -0.3 is 30.2 Å². The number of carbonyl (C=O) groups is 1. The third-order valence-corrected chi connectivity index (χ3v) is 5.74. The van der Waals surface area contributed by atoms with Gasteiger partial charge in [-0.2, -0.15) is 0 Å². The molecule has 2 aromatic carbocycles. The fraction of sp³-hybridized carbons (Fsp3) is 0.300. The molecule has 39 heavy (non-hydrogen) atoms. The zero-order valence-corrected chi connectivity index (χ0v) is 24.1. The number of likely N-dealkylation sites (N-methyl/N-ethyl adjacent to an activating group) is 2. The minimum atomic E-state index is 0.506. The van der Waals surface area contributed by atoms with Crippen LogP contribution in [0.5, 0.6) is 5.75 Å². The van der Waals surface area contributed by atoms with E-state index in [9.17, 15) is 0 Å². The van der Waals surface area contributed by atoms with Crippen molar-refractivity contribution in [3.05, 3.63) is 67.5 Å². The van der Waals surface area contributed by atoms with Crippen LogP contribution in [0, 0.1) is 0 Å². The van der Waals surface area contributed by atoms with Crippen molar-refractivity contribution in [2.24, 2.45) is 0 Å². The van der Waals surface area contributed by atoms with Crippen molar-refractivity contribution in [1.82, 2.24) is 19.9 Å². The molecule has 9 heteroatoms. The van der Waals surface area contributed by atoms with Crippen LogP contribution in [0.15, 0.2) is 67.5 Å². The highest BCUT2D eigenvalue weighted by molar-refractivity contribution is 5.94. The Bertz CT molecular complexity index is 1330. The standard InChI is InChI=1S/C25H31N7O.C3H4O.C2H6/c1-26-21-14-22(24(33-5)15-23(21)32(4)13-12-31(2)3)30-25-27-11-10-20(29-25)18-16-28-19-9-7-6-8-17(18)19;1-2-3-4;1-2/h6-11,14-16,26,28H,12-13H2,1-5H3,(H,27,29,30);2-3H,1H2;1-2H3. The van der Waals surface area contributed by atoms with E-state index in [2.05, 4.69) is 70.3 Å². The number of rotatable bonds is 10. The molecule has 4 rings (SSSR count). The van der Waals surface area contributed by atoms with Gasteiger partial charge in [0.25, 0.3) is 0 Å². The molecule has 0 saturated carbocycles. The molecule has 0 fully saturated rings. The number of aromatic amines is 1. The number of aromatic nitrogens is 3. The maximum atomic E-state index is 9.06. The number of ether oxygens (including phenoxy) is 1. The Kier molecular flexibility index (Phi) is 12.5. The smallest absolute Gasteiger partial charge is 0.227 e. The third-order valence-electron chi connectivity index (χ3n) is 5.74. The van der Waals surface area contributed by atoms with Crippen LogP contribution in [-0.2, 0) is 4.79 Å². The van der Waals surface area contributed by atoms with Crippen LogP contribution in [0.25, 0.3) is 22.2 Å². The first-order chi connectivity index (χ1) is 18.9. The van der Waals surface area contributed by atoms with Crippen molar-refractivity contribution in [1.29, 1.82) is 0 Å². The van der Waals surface area contributed by atoms with Gasteiger partial charge in [0.2, 0.25) is 5.95 Å². The quantitative estimate of drug-likeness (QED) is 0.174. The monoisotopic (exact) mass is 531 g/mol. The van der Waals surface area contributed by atoms with Crippen molar-refractivity contribution >= 4 is 40.2 Å². The molecule has 0 aliphatic heterocycles. The second-order valence-corrected chi connectivity index (χ2v) is 8.55. The second-order valence-electron chi connectivity index (χ2n) is 8.55. The van der Waals surface area contributed by atoms with Crippen molar-refractivity contribution in [3.63, 3.8) is 0 Å². The summed E-state index contributed by atoms with van der Waals surface area (Å²) in [5, 5.41) is 7.77. The van der Waals surface area contributed by atoms with E-state index in [1.807, 2.05) is 57.4 Å². The highest BCUT2D eigenvalue weighted by Gasteiger charge is 2.15. The number of aldehydes is 1. The van der Waals surface area contributed by atoms with E-state index in [0.717, 1.165) is 58.1 Å². The first kappa shape index (κ1) is 30.9. The van der Waals surface area contributed by atoms with Crippen LogP contribution in [-0.4, -0.2) is 74.5 Å². The maximum absolute atomic E-state index is 9.06. The molecular weight excluding hydrogens is 490 g/mol. The van der Waals surface area contributed by atoms with Gasteiger partial charge in [-0.1, -0.05) is 38.6 Å². The predicted molar refractivity (Wildman–Crippen MR) is 165 cm³/mol. The van der Waals surface area contributed by atoms with Gasteiger partial charge in [-0.25, -0.2) is 9.97 Å². The summed E-state index contributed by atoms with van der Waals surface area (Å²) in [5.41, 5.74) is 5.81. The highest BCUT2D eigenvalue weighted by Crippen LogP contribution is 2.38. The summed E-state index contributed by atoms with van der Waals surface area (Å²) in [6.45, 7) is 8.96. The number of allylic oxidation sites excluding steroid dienone is 1. The molecule has 0 bridgehead atoms. The molecule has 0 saturated heterocycles. The molecule has 4 aromatic rings. The van der Waals surface area contributed by atoms with Gasteiger partial charge in [-0.15, -0.1) is 0 Å². The topological polar surface area (TPSA) is 98.4 Å². The van der Waals surface area contributed by atoms with E-state index in [1.165, 1.54) is 6.08 Å². The van der Waals surface area contributed by atoms with Crippen LogP contribution in [0.1, 0.15) is 13.8 Å². The molecular formula is C30H41N7O2. The number of H-pyrrole nitrogens is 1. The van der Waals surface area contributed by atoms with Crippen LogP contribution in [0.4, 0.5) is 23.0 Å². The Hall–Kier alpha value is -4.37. The summed E-state index contributed by atoms with van der Waals surface area (Å²) in [7, 11) is 9.82. The minimum absolute atomic E-state index is 0.506. The molecule has 0 atom stereocenters. The zero-order valence-electron chi connectivity index (χ0n) is 24.1. The summed E-state index contributed by atoms with van der Waals surface area (Å²) in [6, 6.07) is 14.2. The van der Waals surface area contributed by atoms with Gasteiger partial charge in [0.15, 0.2) is 0 Å². The largest absolute Gasteiger partial charge is 0.494 e. The third kappa shape index (κ3) is 8.31. The summed E-state index contributed by atoms with van der Waals surface area (Å²) in [6.07, 6.45) is 5.58. The number of hydrogen-bond donors (Lipinski definition) is 3. The Morgan fingerprint density at radius 3 is 2.44 bits per heavy atom. The molecule has 0 radical (unpaired) electrons. The molecule has 2 heterocycles. The molecule has 0 aliphatic carbocycles. The number of methoxy groups -OCH3 is 1. The fourth-order valence-corrected chi connectivity index (χ4v) is 3.79. The number of benzene rings is 2. The number of carbonyl (C=O) groups excluding carboxylic acids is 1. The van der Waals surface area contributed by atoms with E-state index in [1.54, 1.807) is 13.3 Å². The molecule has 3 N–H and O–H groups in total. The lowest BCUT2D eigenvalue weighted by molar-refractivity contribution is -0.104. The number of anilines is 4. The van der Waals surface area contributed by atoms with Crippen LogP contribution in [0.2, 0.25) is 0 Å². The maximum Gasteiger partial charge on any atom is 0.227 e. The number of hydrogen-bond acceptors (Lipinski definition) is 8. The van der Waals surface area contributed by atoms with E-state index < -0.39 is 0 Å². The minimum Gasteiger partial charge on any atom is -0.494 e. The average Bonchev–Trinajstić information content (AvgIpc) is 3.41. The molecule has 2 aromatic heterocycles. The van der Waals surface area contributed by atoms with Gasteiger partial charge in [-0.05, 0) is 38.4 Å². The van der Waals surface area contributed by atoms with E-state index in [0.29, 0.717) is 12.2 Å². The molecule has 0 spiro atoms. The zero-order chi connectivity index (χ0) is 28.8. The highest BCUT2D eigenvalue weighted by atomic mass is 16.5. The molecule has 0 unspecified atom stereocenters. The summed E-state index contributed by atoms with van der Waals surface area (Å²) >= 11 is 0. The molecule has 9 nitrogen and oxygen atoms in total. The number of para-hydroxylation sites is 1. The number of nitrogens with one attached hydrogen (secondary N) is 3. The summed E-state index contributed by atoms with van der Waals surface area (Å²) in [4.78, 5) is 25.9. The van der Waals surface area contributed by atoms with Crippen LogP contribution >= 0.6 is 0 Å². The summed E-state index contributed by atoms with van der Waals surface area (Å²) < 4.78 is 5.71. The fourth-order valence-electron chi connectivity index (χ4n) is 3.79. The summed E-state index contributed by atoms with van der Waals surface area (Å²) in [5.74, 6) is 1.23. The first-order valence-corrected chi connectivity index (χ1v) is 12.9. The lowest BCUT2D eigenvalue weighted by Gasteiger charge is -2.25. The normalized spacial score (nSPS) is 10.1. The number of nitrogens with zero attached hydrogens (tertiary/aromatic N) is 4. The van der Waals surface area contributed by atoms with Crippen molar-refractivity contribution in [3.8, 4) is 17.0 Å². The van der Waals surface area contributed by atoms with Crippen molar-refractivity contribution < 1.29 is 9.53 Å². The van der Waals surface area contributed by atoms with Gasteiger partial charge >= 0.3 is 0 Å². The Labute approximate surface area is 231 Å². The van der Waals surface area contributed by atoms with Gasteiger partial charge in [0.1, 0.15) is 12.0 Å². The van der Waals surface area contributed by atoms with Crippen LogP contribution < -0.4 is 20.3 Å². The first-order valence-electron chi connectivity index (χ1n) is 12.9. The molecule has 208 valence electrons. The molecule has 0 aliphatic rings. The van der Waals surface area contributed by atoms with Crippen molar-refractivity contribution in [2.75, 3.05) is 63.9 Å². The number of fused-ring (bicyclic) bond motifs is 1. The van der Waals surface area contributed by atoms with E-state index in [-0.39, 0.29) is 0 Å². The SMILES string of the molecule is C=CC=O.CC.CNc1cc(Nc2nccc(-c3c[nH]c4ccccc34)n2)c(OC)cc1N(C)CCN(C)C. The van der Waals surface area contributed by atoms with Gasteiger partial charge in [0, 0.05) is 62.1 Å². The van der Waals surface area contributed by atoms with Crippen molar-refractivity contribution in [2.45, 2.75) is 13.8 Å². The lowest BCUT2D eigenvalue weighted by Crippen LogP contribution is -2.29. The lowest BCUT2D eigenvalue weighted by atomic mass is 10.1. The van der Waals surface area contributed by atoms with E-state index in [4.69, 9.17) is 14.5 Å². The Morgan fingerprint density at radius 1 is 1.08 bits per heavy atom. The van der Waals surface area contributed by atoms with Gasteiger partial charge in [-0.3, -0.25) is 4.79 Å². The predicted octanol–water partition coefficient (Wildman–Crippen LogP) is 5.81.